The van der Waals surface area contributed by atoms with Gasteiger partial charge in [-0.1, -0.05) is 20.3 Å². The fourth-order valence-corrected chi connectivity index (χ4v) is 2.58. The number of hydrogen-bond acceptors (Lipinski definition) is 4. The molecule has 1 aromatic rings. The van der Waals surface area contributed by atoms with Gasteiger partial charge in [-0.05, 0) is 43.0 Å². The molecule has 3 unspecified atom stereocenters. The quantitative estimate of drug-likeness (QED) is 0.762. The van der Waals surface area contributed by atoms with Crippen LogP contribution in [-0.4, -0.2) is 42.3 Å². The van der Waals surface area contributed by atoms with Gasteiger partial charge in [0.15, 0.2) is 0 Å². The third-order valence-electron chi connectivity index (χ3n) is 4.34. The van der Waals surface area contributed by atoms with Crippen molar-refractivity contribution in [2.24, 2.45) is 5.92 Å². The van der Waals surface area contributed by atoms with E-state index >= 15 is 0 Å². The number of ether oxygens (including phenoxy) is 2. The lowest BCUT2D eigenvalue weighted by Crippen LogP contribution is -2.45. The topological polar surface area (TPSA) is 84.9 Å². The number of hydrogen-bond donors (Lipinski definition) is 2. The zero-order valence-corrected chi connectivity index (χ0v) is 14.2. The standard InChI is InChI=1S/C18H25NO5/c1-3-12(2)16(18(21)22)19-17(20)13-6-8-14(9-7-13)24-11-15-5-4-10-23-15/h6-9,12,15-16H,3-5,10-11H2,1-2H3,(H,19,20)(H,21,22). The summed E-state index contributed by atoms with van der Waals surface area (Å²) in [5.74, 6) is -0.887. The van der Waals surface area contributed by atoms with Crippen molar-refractivity contribution in [2.75, 3.05) is 13.2 Å². The number of rotatable bonds is 8. The second kappa shape index (κ2) is 8.68. The molecule has 2 rings (SSSR count). The van der Waals surface area contributed by atoms with E-state index < -0.39 is 17.9 Å². The Morgan fingerprint density at radius 3 is 2.62 bits per heavy atom. The summed E-state index contributed by atoms with van der Waals surface area (Å²) in [7, 11) is 0. The van der Waals surface area contributed by atoms with E-state index in [-0.39, 0.29) is 12.0 Å². The minimum absolute atomic E-state index is 0.138. The molecular weight excluding hydrogens is 310 g/mol. The number of carboxylic acid groups (broad SMARTS) is 1. The second-order valence-electron chi connectivity index (χ2n) is 6.15. The van der Waals surface area contributed by atoms with Crippen LogP contribution in [-0.2, 0) is 9.53 Å². The summed E-state index contributed by atoms with van der Waals surface area (Å²) < 4.78 is 11.1. The van der Waals surface area contributed by atoms with Gasteiger partial charge < -0.3 is 19.9 Å². The molecule has 1 aliphatic rings. The molecule has 2 N–H and O–H groups in total. The van der Waals surface area contributed by atoms with Gasteiger partial charge in [0.25, 0.3) is 5.91 Å². The van der Waals surface area contributed by atoms with Gasteiger partial charge in [0, 0.05) is 12.2 Å². The first-order chi connectivity index (χ1) is 11.5. The molecule has 0 aromatic heterocycles. The van der Waals surface area contributed by atoms with Crippen molar-refractivity contribution in [1.29, 1.82) is 0 Å². The van der Waals surface area contributed by atoms with E-state index in [1.54, 1.807) is 31.2 Å². The van der Waals surface area contributed by atoms with Crippen LogP contribution in [0.5, 0.6) is 5.75 Å². The zero-order valence-electron chi connectivity index (χ0n) is 14.2. The molecule has 1 saturated heterocycles. The highest BCUT2D eigenvalue weighted by Gasteiger charge is 2.25. The molecule has 6 nitrogen and oxygen atoms in total. The summed E-state index contributed by atoms with van der Waals surface area (Å²) in [5, 5.41) is 11.8. The molecule has 1 amide bonds. The highest BCUT2D eigenvalue weighted by Crippen LogP contribution is 2.17. The summed E-state index contributed by atoms with van der Waals surface area (Å²) >= 11 is 0. The van der Waals surface area contributed by atoms with Crippen molar-refractivity contribution in [3.63, 3.8) is 0 Å². The lowest BCUT2D eigenvalue weighted by atomic mass is 9.99. The van der Waals surface area contributed by atoms with Crippen molar-refractivity contribution in [3.05, 3.63) is 29.8 Å². The molecule has 1 fully saturated rings. The van der Waals surface area contributed by atoms with Gasteiger partial charge in [0.1, 0.15) is 18.4 Å². The molecule has 0 aliphatic carbocycles. The number of nitrogens with one attached hydrogen (secondary N) is 1. The SMILES string of the molecule is CCC(C)C(NC(=O)c1ccc(OCC2CCCO2)cc1)C(=O)O. The van der Waals surface area contributed by atoms with Gasteiger partial charge in [0.05, 0.1) is 6.10 Å². The van der Waals surface area contributed by atoms with Gasteiger partial charge in [-0.3, -0.25) is 4.79 Å². The number of carboxylic acids is 1. The van der Waals surface area contributed by atoms with E-state index in [0.717, 1.165) is 19.4 Å². The maximum atomic E-state index is 12.2. The Morgan fingerprint density at radius 2 is 2.08 bits per heavy atom. The highest BCUT2D eigenvalue weighted by molar-refractivity contribution is 5.96. The summed E-state index contributed by atoms with van der Waals surface area (Å²) in [4.78, 5) is 23.5. The number of amides is 1. The number of carbonyl (C=O) groups is 2. The largest absolute Gasteiger partial charge is 0.491 e. The van der Waals surface area contributed by atoms with E-state index in [1.807, 2.05) is 6.92 Å². The number of aliphatic carboxylic acids is 1. The zero-order chi connectivity index (χ0) is 17.5. The lowest BCUT2D eigenvalue weighted by molar-refractivity contribution is -0.140. The van der Waals surface area contributed by atoms with Crippen LogP contribution >= 0.6 is 0 Å². The molecule has 1 heterocycles. The predicted octanol–water partition coefficient (Wildman–Crippen LogP) is 2.47. The van der Waals surface area contributed by atoms with Crippen molar-refractivity contribution in [1.82, 2.24) is 5.32 Å². The fraction of sp³-hybridized carbons (Fsp3) is 0.556. The summed E-state index contributed by atoms with van der Waals surface area (Å²) in [6, 6.07) is 5.80. The van der Waals surface area contributed by atoms with E-state index in [2.05, 4.69) is 5.32 Å². The first kappa shape index (κ1) is 18.3. The lowest BCUT2D eigenvalue weighted by Gasteiger charge is -2.20. The highest BCUT2D eigenvalue weighted by atomic mass is 16.5. The molecule has 0 radical (unpaired) electrons. The van der Waals surface area contributed by atoms with Crippen LogP contribution < -0.4 is 10.1 Å². The third kappa shape index (κ3) is 4.96. The van der Waals surface area contributed by atoms with E-state index in [1.165, 1.54) is 0 Å². The van der Waals surface area contributed by atoms with E-state index in [4.69, 9.17) is 9.47 Å². The van der Waals surface area contributed by atoms with Crippen LogP contribution in [0.1, 0.15) is 43.5 Å². The minimum Gasteiger partial charge on any atom is -0.491 e. The third-order valence-corrected chi connectivity index (χ3v) is 4.34. The van der Waals surface area contributed by atoms with Crippen LogP contribution in [0.3, 0.4) is 0 Å². The maximum absolute atomic E-state index is 12.2. The Kier molecular flexibility index (Phi) is 6.61. The molecule has 1 aliphatic heterocycles. The van der Waals surface area contributed by atoms with Crippen molar-refractivity contribution < 1.29 is 24.2 Å². The van der Waals surface area contributed by atoms with Gasteiger partial charge >= 0.3 is 5.97 Å². The van der Waals surface area contributed by atoms with E-state index in [9.17, 15) is 14.7 Å². The van der Waals surface area contributed by atoms with Crippen LogP contribution in [0.2, 0.25) is 0 Å². The van der Waals surface area contributed by atoms with Crippen molar-refractivity contribution >= 4 is 11.9 Å². The fourth-order valence-electron chi connectivity index (χ4n) is 2.58. The Bertz CT molecular complexity index is 551. The van der Waals surface area contributed by atoms with Gasteiger partial charge in [-0.25, -0.2) is 4.79 Å². The average Bonchev–Trinajstić information content (AvgIpc) is 3.10. The van der Waals surface area contributed by atoms with E-state index in [0.29, 0.717) is 24.3 Å². The van der Waals surface area contributed by atoms with Crippen LogP contribution in [0, 0.1) is 5.92 Å². The Hall–Kier alpha value is -2.08. The monoisotopic (exact) mass is 335 g/mol. The first-order valence-corrected chi connectivity index (χ1v) is 8.39. The number of benzene rings is 1. The molecule has 6 heteroatoms. The van der Waals surface area contributed by atoms with Crippen LogP contribution in [0.25, 0.3) is 0 Å². The van der Waals surface area contributed by atoms with Gasteiger partial charge in [-0.2, -0.15) is 0 Å². The molecule has 0 bridgehead atoms. The summed E-state index contributed by atoms with van der Waals surface area (Å²) in [5.41, 5.74) is 0.411. The Morgan fingerprint density at radius 1 is 1.38 bits per heavy atom. The van der Waals surface area contributed by atoms with Gasteiger partial charge in [-0.15, -0.1) is 0 Å². The molecule has 0 spiro atoms. The summed E-state index contributed by atoms with van der Waals surface area (Å²) in [6.45, 7) is 4.99. The maximum Gasteiger partial charge on any atom is 0.326 e. The Labute approximate surface area is 142 Å². The molecule has 132 valence electrons. The van der Waals surface area contributed by atoms with Crippen LogP contribution in [0.15, 0.2) is 24.3 Å². The normalized spacial score (nSPS) is 19.5. The molecular formula is C18H25NO5. The molecule has 3 atom stereocenters. The minimum atomic E-state index is -1.02. The number of carbonyl (C=O) groups excluding carboxylic acids is 1. The van der Waals surface area contributed by atoms with Crippen molar-refractivity contribution in [3.8, 4) is 5.75 Å². The predicted molar refractivity (Wildman–Crippen MR) is 89.3 cm³/mol. The molecule has 24 heavy (non-hydrogen) atoms. The van der Waals surface area contributed by atoms with Gasteiger partial charge in [0.2, 0.25) is 0 Å². The second-order valence-corrected chi connectivity index (χ2v) is 6.15. The first-order valence-electron chi connectivity index (χ1n) is 8.39. The van der Waals surface area contributed by atoms with Crippen LogP contribution in [0.4, 0.5) is 0 Å². The molecule has 0 saturated carbocycles. The smallest absolute Gasteiger partial charge is 0.326 e. The van der Waals surface area contributed by atoms with Crippen molar-refractivity contribution in [2.45, 2.75) is 45.3 Å². The molecule has 1 aromatic carbocycles. The summed E-state index contributed by atoms with van der Waals surface area (Å²) in [6.07, 6.45) is 2.88. The Balaban J connectivity index is 1.91. The average molecular weight is 335 g/mol.